The van der Waals surface area contributed by atoms with E-state index in [0.717, 1.165) is 130 Å². The van der Waals surface area contributed by atoms with Gasteiger partial charge in [-0.15, -0.1) is 0 Å². The molecule has 1 aliphatic carbocycles. The van der Waals surface area contributed by atoms with Crippen LogP contribution in [0.3, 0.4) is 0 Å². The van der Waals surface area contributed by atoms with Crippen LogP contribution in [0.1, 0.15) is 94.4 Å². The molecule has 7 aliphatic heterocycles. The standard InChI is InChI=1S/C10H20N2O2.C10H20N2.C8H16N2O2.C7H14N2O.C7H16N2.2C5H11NO.C4H11N.C3H9N.CH4/c1-10(2,3)14-9(13)12-7-5-11(4)6-8-12;1-11-6-8-12(9-7-11)10-4-2-3-5-10;1-3-12-8(11)10-6-4-9(2)5-7-10;1-7(10)9-5-3-8(2)4-6-9;1-3-9-6-4-8(2)5-7-9;2*1-6-3-2-5(7)4-6;1-4-5(2)3;1-4(2)3;/h5-8H2,1-4H3;10H,2-9H2,1H3;3-7H2,1-2H3;3-6H2,1-2H3;3-7H2,1-2H3;2*5,7H,2-4H2,1H3;4H2,1-3H3;1-3H3;1H4/t;;;;;2*5-;;;/m.....10.../s1. The number of carbonyl (C=O) groups is 3. The second kappa shape index (κ2) is 46.7. The fourth-order valence-corrected chi connectivity index (χ4v) is 9.08. The van der Waals surface area contributed by atoms with Crippen molar-refractivity contribution in [3.8, 4) is 0 Å². The highest BCUT2D eigenvalue weighted by molar-refractivity contribution is 5.73. The minimum absolute atomic E-state index is 0. The molecule has 0 radical (unpaired) electrons. The van der Waals surface area contributed by atoms with Gasteiger partial charge in [-0.25, -0.2) is 9.59 Å². The van der Waals surface area contributed by atoms with Crippen molar-refractivity contribution in [3.05, 3.63) is 0 Å². The zero-order valence-corrected chi connectivity index (χ0v) is 55.3. The van der Waals surface area contributed by atoms with Gasteiger partial charge in [-0.05, 0) is 151 Å². The van der Waals surface area contributed by atoms with E-state index < -0.39 is 0 Å². The first-order valence-electron chi connectivity index (χ1n) is 30.6. The van der Waals surface area contributed by atoms with Crippen LogP contribution in [-0.2, 0) is 14.3 Å². The zero-order valence-electron chi connectivity index (χ0n) is 55.3. The van der Waals surface area contributed by atoms with Crippen LogP contribution < -0.4 is 0 Å². The van der Waals surface area contributed by atoms with Crippen molar-refractivity contribution in [1.82, 2.24) is 68.6 Å². The van der Waals surface area contributed by atoms with Crippen LogP contribution in [0.2, 0.25) is 0 Å². The average Bonchev–Trinajstić information content (AvgIpc) is 4.18. The van der Waals surface area contributed by atoms with Gasteiger partial charge in [-0.3, -0.25) is 9.69 Å². The molecule has 3 amide bonds. The Morgan fingerprint density at radius 1 is 0.481 bits per heavy atom. The fourth-order valence-electron chi connectivity index (χ4n) is 9.08. The molecule has 0 aromatic heterocycles. The summed E-state index contributed by atoms with van der Waals surface area (Å²) in [6.45, 7) is 41.0. The Bertz CT molecular complexity index is 1470. The first-order chi connectivity index (χ1) is 37.6. The molecule has 8 aliphatic rings. The molecule has 21 heteroatoms. The highest BCUT2D eigenvalue weighted by Gasteiger charge is 2.26. The Balaban J connectivity index is 0. The number of hydrogen-bond acceptors (Lipinski definition) is 18. The van der Waals surface area contributed by atoms with Gasteiger partial charge in [0.1, 0.15) is 5.60 Å². The summed E-state index contributed by atoms with van der Waals surface area (Å²) in [5, 5.41) is 17.7. The molecule has 7 saturated heterocycles. The summed E-state index contributed by atoms with van der Waals surface area (Å²) < 4.78 is 10.2. The number of aliphatic hydroxyl groups excluding tert-OH is 2. The lowest BCUT2D eigenvalue weighted by molar-refractivity contribution is -0.130. The first-order valence-corrected chi connectivity index (χ1v) is 30.6. The van der Waals surface area contributed by atoms with E-state index in [-0.39, 0.29) is 43.3 Å². The summed E-state index contributed by atoms with van der Waals surface area (Å²) in [7, 11) is 24.8. The van der Waals surface area contributed by atoms with Gasteiger partial charge in [-0.1, -0.05) is 34.1 Å². The van der Waals surface area contributed by atoms with Gasteiger partial charge in [-0.2, -0.15) is 0 Å². The van der Waals surface area contributed by atoms with Crippen molar-refractivity contribution in [2.45, 2.75) is 118 Å². The van der Waals surface area contributed by atoms with Gasteiger partial charge in [0, 0.05) is 170 Å². The number of likely N-dealkylation sites (N-methyl/N-ethyl adjacent to an activating group) is 8. The van der Waals surface area contributed by atoms with Crippen LogP contribution in [0.25, 0.3) is 0 Å². The van der Waals surface area contributed by atoms with Gasteiger partial charge < -0.3 is 83.4 Å². The van der Waals surface area contributed by atoms with Crippen molar-refractivity contribution >= 4 is 18.1 Å². The number of rotatable bonds is 4. The molecule has 21 nitrogen and oxygen atoms in total. The quantitative estimate of drug-likeness (QED) is 0.422. The van der Waals surface area contributed by atoms with Crippen LogP contribution >= 0.6 is 0 Å². The number of carbonyl (C=O) groups excluding carboxylic acids is 3. The van der Waals surface area contributed by atoms with Gasteiger partial charge in [0.25, 0.3) is 0 Å². The predicted molar refractivity (Wildman–Crippen MR) is 339 cm³/mol. The third kappa shape index (κ3) is 43.7. The van der Waals surface area contributed by atoms with Crippen LogP contribution in [0.15, 0.2) is 0 Å². The van der Waals surface area contributed by atoms with E-state index in [9.17, 15) is 14.4 Å². The Labute approximate surface area is 498 Å². The monoisotopic (exact) mass is 1160 g/mol. The number of amides is 3. The normalized spacial score (nSPS) is 23.0. The lowest BCUT2D eigenvalue weighted by Gasteiger charge is -2.36. The molecule has 2 N–H and O–H groups in total. The largest absolute Gasteiger partial charge is 0.450 e. The minimum Gasteiger partial charge on any atom is -0.450 e. The van der Waals surface area contributed by atoms with E-state index in [2.05, 4.69) is 112 Å². The van der Waals surface area contributed by atoms with Gasteiger partial charge in [0.2, 0.25) is 5.91 Å². The van der Waals surface area contributed by atoms with E-state index in [1.807, 2.05) is 72.7 Å². The molecular formula is C60H132N14O7. The third-order valence-electron chi connectivity index (χ3n) is 14.9. The molecular weight excluding hydrogens is 1030 g/mol. The van der Waals surface area contributed by atoms with E-state index in [1.54, 1.807) is 16.7 Å². The summed E-state index contributed by atoms with van der Waals surface area (Å²) in [6.07, 6.45) is 7.31. The molecule has 2 atom stereocenters. The number of piperazine rings is 5. The maximum atomic E-state index is 11.6. The Kier molecular flexibility index (Phi) is 46.5. The first kappa shape index (κ1) is 80.6. The highest BCUT2D eigenvalue weighted by atomic mass is 16.6. The smallest absolute Gasteiger partial charge is 0.410 e. The third-order valence-corrected chi connectivity index (χ3v) is 14.9. The molecule has 0 aromatic rings. The zero-order chi connectivity index (χ0) is 60.8. The lowest BCUT2D eigenvalue weighted by atomic mass is 10.2. The summed E-state index contributed by atoms with van der Waals surface area (Å²) in [4.78, 5) is 64.1. The summed E-state index contributed by atoms with van der Waals surface area (Å²) in [6, 6.07) is 0.943. The highest BCUT2D eigenvalue weighted by Crippen LogP contribution is 2.24. The second-order valence-electron chi connectivity index (χ2n) is 24.7. The molecule has 0 bridgehead atoms. The van der Waals surface area contributed by atoms with Crippen molar-refractivity contribution in [2.24, 2.45) is 0 Å². The number of β-amino-alcohol motifs (C(OH)–C–C–N with tert-alkyl or cyclic N) is 2. The van der Waals surface area contributed by atoms with Crippen molar-refractivity contribution in [2.75, 3.05) is 261 Å². The molecule has 8 fully saturated rings. The topological polar surface area (TPSA) is 155 Å². The van der Waals surface area contributed by atoms with Crippen molar-refractivity contribution in [1.29, 1.82) is 0 Å². The molecule has 0 unspecified atom stereocenters. The minimum atomic E-state index is -0.388. The van der Waals surface area contributed by atoms with Crippen LogP contribution in [0.4, 0.5) is 9.59 Å². The maximum absolute atomic E-state index is 11.6. The molecule has 0 aromatic carbocycles. The summed E-state index contributed by atoms with van der Waals surface area (Å²) in [5.74, 6) is 0.202. The summed E-state index contributed by atoms with van der Waals surface area (Å²) in [5.41, 5.74) is -0.388. The number of ether oxygens (including phenoxy) is 2. The summed E-state index contributed by atoms with van der Waals surface area (Å²) >= 11 is 0. The fraction of sp³-hybridized carbons (Fsp3) is 0.950. The number of hydrogen-bond donors (Lipinski definition) is 2. The molecule has 1 saturated carbocycles. The SMILES string of the molecule is C.CC(=O)N1CCN(C)CC1.CCN(C)C.CCN1CCN(C)CC1.CCOC(=O)N1CCN(C)CC1.CN(C)C.CN1CCN(C(=O)OC(C)(C)C)CC1.CN1CCN(C2CCCC2)CC1.CN1CC[C@@H](O)C1.CN1CC[C@H](O)C1. The number of aliphatic hydroxyl groups is 2. The maximum Gasteiger partial charge on any atom is 0.410 e. The molecule has 0 spiro atoms. The number of likely N-dealkylation sites (tertiary alicyclic amines) is 2. The Hall–Kier alpha value is -2.51. The van der Waals surface area contributed by atoms with Gasteiger partial charge >= 0.3 is 12.2 Å². The van der Waals surface area contributed by atoms with Crippen molar-refractivity contribution < 1.29 is 34.1 Å². The van der Waals surface area contributed by atoms with E-state index >= 15 is 0 Å². The van der Waals surface area contributed by atoms with Crippen LogP contribution in [0, 0.1) is 0 Å². The second-order valence-corrected chi connectivity index (χ2v) is 24.7. The molecule has 484 valence electrons. The lowest BCUT2D eigenvalue weighted by Crippen LogP contribution is -2.48. The molecule has 81 heavy (non-hydrogen) atoms. The molecule has 7 heterocycles. The predicted octanol–water partition coefficient (Wildman–Crippen LogP) is 3.52. The van der Waals surface area contributed by atoms with E-state index in [1.165, 1.54) is 84.6 Å². The van der Waals surface area contributed by atoms with Crippen LogP contribution in [0.5, 0.6) is 0 Å². The average molecular weight is 1160 g/mol. The molecule has 8 rings (SSSR count). The van der Waals surface area contributed by atoms with Gasteiger partial charge in [0.05, 0.1) is 18.8 Å². The van der Waals surface area contributed by atoms with E-state index in [4.69, 9.17) is 19.7 Å². The van der Waals surface area contributed by atoms with Crippen molar-refractivity contribution in [3.63, 3.8) is 0 Å². The Morgan fingerprint density at radius 3 is 1.06 bits per heavy atom. The van der Waals surface area contributed by atoms with E-state index in [0.29, 0.717) is 6.61 Å². The van der Waals surface area contributed by atoms with Gasteiger partial charge in [0.15, 0.2) is 0 Å². The Morgan fingerprint density at radius 2 is 0.802 bits per heavy atom. The van der Waals surface area contributed by atoms with Crippen LogP contribution in [-0.4, -0.2) is 382 Å². The number of nitrogens with zero attached hydrogens (tertiary/aromatic N) is 14.